The predicted octanol–water partition coefficient (Wildman–Crippen LogP) is 2.38. The van der Waals surface area contributed by atoms with Crippen molar-refractivity contribution in [2.75, 3.05) is 20.2 Å². The van der Waals surface area contributed by atoms with Crippen LogP contribution in [0, 0.1) is 11.8 Å². The van der Waals surface area contributed by atoms with Crippen LogP contribution < -0.4 is 0 Å². The molecule has 0 aromatic carbocycles. The van der Waals surface area contributed by atoms with Crippen LogP contribution in [0.15, 0.2) is 0 Å². The summed E-state index contributed by atoms with van der Waals surface area (Å²) in [7, 11) is 1.33. The molecule has 0 bridgehead atoms. The number of hydrogen-bond donors (Lipinski definition) is 0. The van der Waals surface area contributed by atoms with Crippen molar-refractivity contribution in [3.8, 4) is 0 Å². The van der Waals surface area contributed by atoms with E-state index in [-0.39, 0.29) is 26.0 Å². The average molecular weight is 295 g/mol. The first kappa shape index (κ1) is 16.8. The van der Waals surface area contributed by atoms with Crippen molar-refractivity contribution in [2.45, 2.75) is 38.8 Å². The molecule has 4 nitrogen and oxygen atoms in total. The van der Waals surface area contributed by atoms with Gasteiger partial charge in [-0.3, -0.25) is 9.59 Å². The van der Waals surface area contributed by atoms with Crippen molar-refractivity contribution in [1.82, 2.24) is 4.90 Å². The predicted molar refractivity (Wildman–Crippen MR) is 65.8 cm³/mol. The van der Waals surface area contributed by atoms with E-state index in [4.69, 9.17) is 0 Å². The van der Waals surface area contributed by atoms with Gasteiger partial charge in [0.2, 0.25) is 5.91 Å². The van der Waals surface area contributed by atoms with Gasteiger partial charge in [-0.25, -0.2) is 0 Å². The Labute approximate surface area is 116 Å². The van der Waals surface area contributed by atoms with Gasteiger partial charge in [-0.2, -0.15) is 13.2 Å². The Morgan fingerprint density at radius 1 is 1.25 bits per heavy atom. The second kappa shape index (κ2) is 6.95. The van der Waals surface area contributed by atoms with E-state index in [1.54, 1.807) is 6.92 Å². The molecule has 2 atom stereocenters. The maximum atomic E-state index is 12.9. The highest BCUT2D eigenvalue weighted by atomic mass is 19.4. The topological polar surface area (TPSA) is 46.6 Å². The molecule has 116 valence electrons. The number of hydrogen-bond acceptors (Lipinski definition) is 3. The van der Waals surface area contributed by atoms with E-state index < -0.39 is 29.9 Å². The lowest BCUT2D eigenvalue weighted by Crippen LogP contribution is -2.44. The van der Waals surface area contributed by atoms with Gasteiger partial charge in [0.05, 0.1) is 12.5 Å². The maximum Gasteiger partial charge on any atom is 0.392 e. The van der Waals surface area contributed by atoms with Gasteiger partial charge in [0.1, 0.15) is 6.54 Å². The second-order valence-electron chi connectivity index (χ2n) is 5.04. The molecule has 7 heteroatoms. The van der Waals surface area contributed by atoms with Gasteiger partial charge in [0.25, 0.3) is 0 Å². The zero-order valence-electron chi connectivity index (χ0n) is 11.7. The lowest BCUT2D eigenvalue weighted by molar-refractivity contribution is -0.200. The van der Waals surface area contributed by atoms with Crippen molar-refractivity contribution in [2.24, 2.45) is 11.8 Å². The lowest BCUT2D eigenvalue weighted by Gasteiger charge is -2.34. The van der Waals surface area contributed by atoms with Crippen LogP contribution in [-0.2, 0) is 14.3 Å². The van der Waals surface area contributed by atoms with Crippen molar-refractivity contribution in [3.63, 3.8) is 0 Å². The number of esters is 1. The summed E-state index contributed by atoms with van der Waals surface area (Å²) >= 11 is 0. The van der Waals surface area contributed by atoms with E-state index in [1.807, 2.05) is 0 Å². The minimum atomic E-state index is -4.37. The third-order valence-corrected chi connectivity index (χ3v) is 3.55. The molecule has 1 saturated carbocycles. The molecule has 1 aliphatic rings. The molecule has 0 heterocycles. The molecule has 0 spiro atoms. The molecule has 2 unspecified atom stereocenters. The monoisotopic (exact) mass is 295 g/mol. The van der Waals surface area contributed by atoms with Gasteiger partial charge >= 0.3 is 12.1 Å². The zero-order chi connectivity index (χ0) is 15.3. The van der Waals surface area contributed by atoms with Gasteiger partial charge in [0.15, 0.2) is 0 Å². The molecule has 0 aromatic heterocycles. The fourth-order valence-electron chi connectivity index (χ4n) is 2.58. The zero-order valence-corrected chi connectivity index (χ0v) is 11.7. The van der Waals surface area contributed by atoms with Crippen molar-refractivity contribution in [1.29, 1.82) is 0 Å². The Morgan fingerprint density at radius 2 is 1.85 bits per heavy atom. The number of ether oxygens (including phenoxy) is 1. The number of amides is 1. The molecule has 0 saturated heterocycles. The summed E-state index contributed by atoms with van der Waals surface area (Å²) in [6.07, 6.45) is -3.08. The number of likely N-dealkylation sites (N-methyl/N-ethyl adjacent to an activating group) is 1. The molecular weight excluding hydrogens is 275 g/mol. The Bertz CT molecular complexity index is 357. The Hall–Kier alpha value is -1.27. The van der Waals surface area contributed by atoms with Crippen LogP contribution in [0.1, 0.15) is 32.6 Å². The van der Waals surface area contributed by atoms with Gasteiger partial charge in [-0.15, -0.1) is 0 Å². The fraction of sp³-hybridized carbons (Fsp3) is 0.846. The third-order valence-electron chi connectivity index (χ3n) is 3.55. The Balaban J connectivity index is 2.70. The van der Waals surface area contributed by atoms with Crippen LogP contribution in [0.2, 0.25) is 0 Å². The van der Waals surface area contributed by atoms with E-state index in [1.165, 1.54) is 7.05 Å². The molecule has 1 fully saturated rings. The first-order chi connectivity index (χ1) is 9.27. The minimum absolute atomic E-state index is 0.0207. The van der Waals surface area contributed by atoms with Gasteiger partial charge in [-0.1, -0.05) is 12.8 Å². The minimum Gasteiger partial charge on any atom is -0.465 e. The van der Waals surface area contributed by atoms with Gasteiger partial charge < -0.3 is 9.64 Å². The van der Waals surface area contributed by atoms with Crippen LogP contribution in [0.25, 0.3) is 0 Å². The van der Waals surface area contributed by atoms with E-state index in [0.717, 1.165) is 4.90 Å². The number of alkyl halides is 3. The van der Waals surface area contributed by atoms with Crippen molar-refractivity contribution >= 4 is 11.9 Å². The molecule has 0 radical (unpaired) electrons. The van der Waals surface area contributed by atoms with Crippen LogP contribution in [0.3, 0.4) is 0 Å². The molecular formula is C13H20F3NO3. The van der Waals surface area contributed by atoms with Crippen LogP contribution in [0.5, 0.6) is 0 Å². The average Bonchev–Trinajstić information content (AvgIpc) is 2.37. The third kappa shape index (κ3) is 4.38. The summed E-state index contributed by atoms with van der Waals surface area (Å²) in [5.41, 5.74) is 0. The second-order valence-corrected chi connectivity index (χ2v) is 5.04. The van der Waals surface area contributed by atoms with Gasteiger partial charge in [-0.05, 0) is 19.8 Å². The van der Waals surface area contributed by atoms with Crippen LogP contribution in [0.4, 0.5) is 13.2 Å². The SMILES string of the molecule is CCOC(=O)CN(C)C(=O)C1CCCCC1C(F)(F)F. The first-order valence-electron chi connectivity index (χ1n) is 6.74. The molecule has 1 amide bonds. The Morgan fingerprint density at radius 3 is 2.40 bits per heavy atom. The van der Waals surface area contributed by atoms with Gasteiger partial charge in [0, 0.05) is 13.0 Å². The largest absolute Gasteiger partial charge is 0.465 e. The van der Waals surface area contributed by atoms with Crippen molar-refractivity contribution in [3.05, 3.63) is 0 Å². The van der Waals surface area contributed by atoms with Crippen LogP contribution in [-0.4, -0.2) is 43.2 Å². The number of nitrogens with zero attached hydrogens (tertiary/aromatic N) is 1. The summed E-state index contributed by atoms with van der Waals surface area (Å²) in [6.45, 7) is 1.49. The number of carbonyl (C=O) groups excluding carboxylic acids is 2. The summed E-state index contributed by atoms with van der Waals surface area (Å²) in [5, 5.41) is 0. The highest BCUT2D eigenvalue weighted by molar-refractivity contribution is 5.83. The molecule has 0 aliphatic heterocycles. The van der Waals surface area contributed by atoms with E-state index in [0.29, 0.717) is 12.8 Å². The smallest absolute Gasteiger partial charge is 0.392 e. The van der Waals surface area contributed by atoms with Crippen molar-refractivity contribution < 1.29 is 27.5 Å². The molecule has 0 aromatic rings. The summed E-state index contributed by atoms with van der Waals surface area (Å²) in [4.78, 5) is 24.4. The molecule has 0 N–H and O–H groups in total. The van der Waals surface area contributed by atoms with E-state index >= 15 is 0 Å². The van der Waals surface area contributed by atoms with Crippen LogP contribution >= 0.6 is 0 Å². The summed E-state index contributed by atoms with van der Waals surface area (Å²) < 4.78 is 43.5. The van der Waals surface area contributed by atoms with E-state index in [9.17, 15) is 22.8 Å². The number of halogens is 3. The van der Waals surface area contributed by atoms with E-state index in [2.05, 4.69) is 4.74 Å². The molecule has 1 aliphatic carbocycles. The molecule has 1 rings (SSSR count). The highest BCUT2D eigenvalue weighted by Crippen LogP contribution is 2.42. The quantitative estimate of drug-likeness (QED) is 0.748. The fourth-order valence-corrected chi connectivity index (χ4v) is 2.58. The lowest BCUT2D eigenvalue weighted by atomic mass is 9.78. The highest BCUT2D eigenvalue weighted by Gasteiger charge is 2.48. The summed E-state index contributed by atoms with van der Waals surface area (Å²) in [6, 6.07) is 0. The number of rotatable bonds is 4. The summed E-state index contributed by atoms with van der Waals surface area (Å²) in [5.74, 6) is -3.92. The standard InChI is InChI=1S/C13H20F3NO3/c1-3-20-11(18)8-17(2)12(19)9-6-4-5-7-10(9)13(14,15)16/h9-10H,3-8H2,1-2H3. The number of carbonyl (C=O) groups is 2. The normalized spacial score (nSPS) is 23.2. The Kier molecular flexibility index (Phi) is 5.83. The molecule has 20 heavy (non-hydrogen) atoms. The maximum absolute atomic E-state index is 12.9. The first-order valence-corrected chi connectivity index (χ1v) is 6.74.